The molecular weight excluding hydrogens is 436 g/mol. The Morgan fingerprint density at radius 2 is 1.38 bits per heavy atom. The van der Waals surface area contributed by atoms with Gasteiger partial charge in [0.2, 0.25) is 0 Å². The second-order valence-corrected chi connectivity index (χ2v) is 9.91. The van der Waals surface area contributed by atoms with Gasteiger partial charge in [0, 0.05) is 35.9 Å². The molecule has 2 aromatic heterocycles. The lowest BCUT2D eigenvalue weighted by molar-refractivity contribution is 0.134. The molecule has 0 aliphatic rings. The van der Waals surface area contributed by atoms with Crippen LogP contribution in [-0.4, -0.2) is 57.4 Å². The van der Waals surface area contributed by atoms with Crippen molar-refractivity contribution < 1.29 is 19.1 Å². The summed E-state index contributed by atoms with van der Waals surface area (Å²) in [5.74, 6) is 0. The number of aromatic nitrogens is 4. The molecule has 0 saturated carbocycles. The number of alkyl carbamates (subject to hydrolysis) is 2. The molecule has 10 nitrogen and oxygen atoms in total. The molecular formula is C24H42N6O4. The molecule has 2 rings (SSSR count). The van der Waals surface area contributed by atoms with E-state index in [1.807, 2.05) is 20.8 Å². The largest absolute Gasteiger partial charge is 0.450 e. The number of aryl methyl sites for hydroxylation is 2. The average molecular weight is 479 g/mol. The fourth-order valence-corrected chi connectivity index (χ4v) is 2.49. The van der Waals surface area contributed by atoms with E-state index in [-0.39, 0.29) is 23.1 Å². The first-order valence-corrected chi connectivity index (χ1v) is 11.8. The van der Waals surface area contributed by atoms with Gasteiger partial charge in [-0.05, 0) is 51.4 Å². The predicted octanol–water partition coefficient (Wildman–Crippen LogP) is 4.37. The van der Waals surface area contributed by atoms with Crippen molar-refractivity contribution in [2.24, 2.45) is 5.41 Å². The number of amides is 2. The molecule has 0 fully saturated rings. The molecule has 0 aliphatic carbocycles. The van der Waals surface area contributed by atoms with Crippen molar-refractivity contribution in [2.75, 3.05) is 19.8 Å². The van der Waals surface area contributed by atoms with Crippen LogP contribution in [0, 0.1) is 5.41 Å². The molecule has 4 N–H and O–H groups in total. The third-order valence-electron chi connectivity index (χ3n) is 4.84. The monoisotopic (exact) mass is 478 g/mol. The van der Waals surface area contributed by atoms with Gasteiger partial charge in [0.25, 0.3) is 0 Å². The molecule has 0 spiro atoms. The quantitative estimate of drug-likeness (QED) is 0.354. The van der Waals surface area contributed by atoms with Crippen LogP contribution in [0.4, 0.5) is 9.59 Å². The summed E-state index contributed by atoms with van der Waals surface area (Å²) in [4.78, 5) is 36.6. The normalized spacial score (nSPS) is 11.2. The number of carbonyl (C=O) groups is 2. The van der Waals surface area contributed by atoms with Crippen molar-refractivity contribution in [3.05, 3.63) is 36.4 Å². The lowest BCUT2D eigenvalue weighted by Crippen LogP contribution is -2.43. The zero-order valence-electron chi connectivity index (χ0n) is 21.5. The van der Waals surface area contributed by atoms with Gasteiger partial charge in [0.15, 0.2) is 0 Å². The van der Waals surface area contributed by atoms with E-state index in [0.717, 1.165) is 43.5 Å². The molecule has 2 amide bonds. The number of hydrogen-bond acceptors (Lipinski definition) is 6. The van der Waals surface area contributed by atoms with E-state index in [9.17, 15) is 9.59 Å². The summed E-state index contributed by atoms with van der Waals surface area (Å²) in [5, 5.41) is 5.55. The van der Waals surface area contributed by atoms with Crippen LogP contribution >= 0.6 is 0 Å². The van der Waals surface area contributed by atoms with Gasteiger partial charge in [-0.1, -0.05) is 27.7 Å². The summed E-state index contributed by atoms with van der Waals surface area (Å²) in [6.07, 6.45) is 10.3. The van der Waals surface area contributed by atoms with E-state index >= 15 is 0 Å². The molecule has 10 heteroatoms. The SMILES string of the molecule is CC(C)(C)CNC(=O)OCCCc1cnc[nH]1.CCC(C)(C)NC(=O)OCCCc1cnc[nH]1. The lowest BCUT2D eigenvalue weighted by Gasteiger charge is -2.23. The number of nitrogens with zero attached hydrogens (tertiary/aromatic N) is 2. The van der Waals surface area contributed by atoms with Crippen molar-refractivity contribution in [2.45, 2.75) is 79.2 Å². The predicted molar refractivity (Wildman–Crippen MR) is 131 cm³/mol. The Bertz CT molecular complexity index is 798. The molecule has 34 heavy (non-hydrogen) atoms. The maximum absolute atomic E-state index is 11.4. The Balaban J connectivity index is 0.000000340. The van der Waals surface area contributed by atoms with Crippen molar-refractivity contribution in [3.8, 4) is 0 Å². The van der Waals surface area contributed by atoms with Gasteiger partial charge in [-0.3, -0.25) is 0 Å². The third-order valence-corrected chi connectivity index (χ3v) is 4.84. The molecule has 0 unspecified atom stereocenters. The molecule has 0 bridgehead atoms. The number of hydrogen-bond donors (Lipinski definition) is 4. The van der Waals surface area contributed by atoms with Crippen LogP contribution in [0.25, 0.3) is 0 Å². The minimum atomic E-state index is -0.346. The first-order valence-electron chi connectivity index (χ1n) is 11.8. The summed E-state index contributed by atoms with van der Waals surface area (Å²) in [6.45, 7) is 13.6. The summed E-state index contributed by atoms with van der Waals surface area (Å²) >= 11 is 0. The molecule has 192 valence electrons. The number of H-pyrrole nitrogens is 2. The number of nitrogens with one attached hydrogen (secondary N) is 4. The van der Waals surface area contributed by atoms with E-state index in [2.05, 4.69) is 51.3 Å². The zero-order chi connectivity index (χ0) is 25.5. The molecule has 0 aromatic carbocycles. The highest BCUT2D eigenvalue weighted by Crippen LogP contribution is 2.10. The van der Waals surface area contributed by atoms with E-state index in [1.165, 1.54) is 0 Å². The second kappa shape index (κ2) is 15.0. The number of ether oxygens (including phenoxy) is 2. The van der Waals surface area contributed by atoms with E-state index in [0.29, 0.717) is 19.8 Å². The zero-order valence-corrected chi connectivity index (χ0v) is 21.5. The maximum Gasteiger partial charge on any atom is 0.407 e. The van der Waals surface area contributed by atoms with E-state index < -0.39 is 0 Å². The fraction of sp³-hybridized carbons (Fsp3) is 0.667. The first-order chi connectivity index (χ1) is 16.0. The number of carbonyl (C=O) groups excluding carboxylic acids is 2. The van der Waals surface area contributed by atoms with Crippen LogP contribution in [-0.2, 0) is 22.3 Å². The summed E-state index contributed by atoms with van der Waals surface area (Å²) in [6, 6.07) is 0. The minimum Gasteiger partial charge on any atom is -0.450 e. The number of aromatic amines is 2. The van der Waals surface area contributed by atoms with Gasteiger partial charge < -0.3 is 30.1 Å². The van der Waals surface area contributed by atoms with Crippen LogP contribution < -0.4 is 10.6 Å². The van der Waals surface area contributed by atoms with E-state index in [4.69, 9.17) is 9.47 Å². The molecule has 0 atom stereocenters. The van der Waals surface area contributed by atoms with Crippen LogP contribution in [0.15, 0.2) is 25.0 Å². The maximum atomic E-state index is 11.4. The first kappa shape index (κ1) is 29.0. The highest BCUT2D eigenvalue weighted by Gasteiger charge is 2.18. The number of imidazole rings is 2. The average Bonchev–Trinajstić information content (AvgIpc) is 3.47. The Kier molecular flexibility index (Phi) is 12.8. The molecule has 0 aliphatic heterocycles. The molecule has 2 heterocycles. The second-order valence-electron chi connectivity index (χ2n) is 9.91. The van der Waals surface area contributed by atoms with Crippen molar-refractivity contribution in [3.63, 3.8) is 0 Å². The standard InChI is InChI=1S/2C12H21N3O2/c1-12(2,3)8-14-11(16)17-6-4-5-10-7-13-9-15-10;1-4-12(2,3)15-11(16)17-7-5-6-10-8-13-9-14-10/h7,9H,4-6,8H2,1-3H3,(H,13,15)(H,14,16);8-9H,4-7H2,1-3H3,(H,13,14)(H,15,16). The Hall–Kier alpha value is -3.04. The van der Waals surface area contributed by atoms with Gasteiger partial charge in [-0.2, -0.15) is 0 Å². The Labute approximate surface area is 203 Å². The topological polar surface area (TPSA) is 134 Å². The van der Waals surface area contributed by atoms with Gasteiger partial charge in [-0.25, -0.2) is 19.6 Å². The highest BCUT2D eigenvalue weighted by atomic mass is 16.6. The minimum absolute atomic E-state index is 0.0783. The number of rotatable bonds is 11. The van der Waals surface area contributed by atoms with Crippen LogP contribution in [0.2, 0.25) is 0 Å². The molecule has 0 saturated heterocycles. The smallest absolute Gasteiger partial charge is 0.407 e. The van der Waals surface area contributed by atoms with Crippen LogP contribution in [0.3, 0.4) is 0 Å². The fourth-order valence-electron chi connectivity index (χ4n) is 2.49. The van der Waals surface area contributed by atoms with Gasteiger partial charge in [0.05, 0.1) is 25.9 Å². The summed E-state index contributed by atoms with van der Waals surface area (Å²) in [5.41, 5.74) is 1.99. The third kappa shape index (κ3) is 14.9. The Morgan fingerprint density at radius 1 is 0.882 bits per heavy atom. The van der Waals surface area contributed by atoms with Gasteiger partial charge in [-0.15, -0.1) is 0 Å². The summed E-state index contributed by atoms with van der Waals surface area (Å²) < 4.78 is 10.1. The summed E-state index contributed by atoms with van der Waals surface area (Å²) in [7, 11) is 0. The van der Waals surface area contributed by atoms with E-state index in [1.54, 1.807) is 25.0 Å². The van der Waals surface area contributed by atoms with Crippen molar-refractivity contribution in [1.82, 2.24) is 30.6 Å². The van der Waals surface area contributed by atoms with Crippen LogP contribution in [0.1, 0.15) is 72.2 Å². The molecule has 0 radical (unpaired) electrons. The lowest BCUT2D eigenvalue weighted by atomic mass is 9.97. The highest BCUT2D eigenvalue weighted by molar-refractivity contribution is 5.68. The van der Waals surface area contributed by atoms with Crippen molar-refractivity contribution in [1.29, 1.82) is 0 Å². The van der Waals surface area contributed by atoms with Crippen molar-refractivity contribution >= 4 is 12.2 Å². The van der Waals surface area contributed by atoms with Crippen LogP contribution in [0.5, 0.6) is 0 Å². The van der Waals surface area contributed by atoms with Gasteiger partial charge in [0.1, 0.15) is 0 Å². The van der Waals surface area contributed by atoms with Gasteiger partial charge >= 0.3 is 12.2 Å². The molecule has 2 aromatic rings. The Morgan fingerprint density at radius 3 is 1.79 bits per heavy atom.